The third-order valence-electron chi connectivity index (χ3n) is 5.06. The standard InChI is InChI=1S/C22H26N2O4/c1-15-4-6-16(7-5-15)21(25)23-18-10-12-24(13-11-18)22(26)17-8-9-19(27-2)20(14-17)28-3/h4-9,14,18H,10-13H2,1-3H3,(H,23,25). The Bertz CT molecular complexity index is 840. The second-order valence-electron chi connectivity index (χ2n) is 6.98. The van der Waals surface area contributed by atoms with Crippen molar-refractivity contribution in [1.82, 2.24) is 10.2 Å². The SMILES string of the molecule is COc1ccc(C(=O)N2CCC(NC(=O)c3ccc(C)cc3)CC2)cc1OC. The predicted octanol–water partition coefficient (Wildman–Crippen LogP) is 3.05. The van der Waals surface area contributed by atoms with Crippen LogP contribution in [-0.4, -0.2) is 50.1 Å². The molecule has 148 valence electrons. The van der Waals surface area contributed by atoms with E-state index in [1.54, 1.807) is 32.4 Å². The van der Waals surface area contributed by atoms with E-state index in [1.807, 2.05) is 36.1 Å². The first kappa shape index (κ1) is 19.7. The molecule has 2 aromatic carbocycles. The molecule has 0 radical (unpaired) electrons. The number of carbonyl (C=O) groups is 2. The number of amides is 2. The summed E-state index contributed by atoms with van der Waals surface area (Å²) in [6.07, 6.45) is 1.47. The Labute approximate surface area is 165 Å². The van der Waals surface area contributed by atoms with Crippen LogP contribution in [0.15, 0.2) is 42.5 Å². The molecule has 1 saturated heterocycles. The number of hydrogen-bond acceptors (Lipinski definition) is 4. The molecule has 1 fully saturated rings. The number of nitrogens with one attached hydrogen (secondary N) is 1. The molecule has 6 nitrogen and oxygen atoms in total. The van der Waals surface area contributed by atoms with Crippen LogP contribution >= 0.6 is 0 Å². The van der Waals surface area contributed by atoms with Crippen LogP contribution in [0.25, 0.3) is 0 Å². The minimum Gasteiger partial charge on any atom is -0.493 e. The molecule has 2 amide bonds. The number of rotatable bonds is 5. The molecule has 1 heterocycles. The third-order valence-corrected chi connectivity index (χ3v) is 5.06. The van der Waals surface area contributed by atoms with Gasteiger partial charge in [0, 0.05) is 30.3 Å². The molecule has 1 N–H and O–H groups in total. The van der Waals surface area contributed by atoms with Crippen molar-refractivity contribution in [2.45, 2.75) is 25.8 Å². The minimum absolute atomic E-state index is 0.0377. The Hall–Kier alpha value is -3.02. The van der Waals surface area contributed by atoms with Crippen LogP contribution in [0, 0.1) is 6.92 Å². The first-order valence-corrected chi connectivity index (χ1v) is 9.40. The van der Waals surface area contributed by atoms with E-state index in [1.165, 1.54) is 0 Å². The number of piperidine rings is 1. The van der Waals surface area contributed by atoms with E-state index in [0.29, 0.717) is 35.7 Å². The molecule has 2 aromatic rings. The Morgan fingerprint density at radius 3 is 2.14 bits per heavy atom. The zero-order valence-electron chi connectivity index (χ0n) is 16.5. The number of carbonyl (C=O) groups excluding carboxylic acids is 2. The zero-order valence-corrected chi connectivity index (χ0v) is 16.5. The molecule has 0 aliphatic carbocycles. The van der Waals surface area contributed by atoms with Gasteiger partial charge in [0.1, 0.15) is 0 Å². The second kappa shape index (κ2) is 8.78. The van der Waals surface area contributed by atoms with E-state index >= 15 is 0 Å². The van der Waals surface area contributed by atoms with Crippen LogP contribution in [0.4, 0.5) is 0 Å². The average Bonchev–Trinajstić information content (AvgIpc) is 2.73. The van der Waals surface area contributed by atoms with Gasteiger partial charge in [0.25, 0.3) is 11.8 Å². The van der Waals surface area contributed by atoms with Gasteiger partial charge in [0.15, 0.2) is 11.5 Å². The van der Waals surface area contributed by atoms with Gasteiger partial charge in [-0.2, -0.15) is 0 Å². The summed E-state index contributed by atoms with van der Waals surface area (Å²) in [6, 6.07) is 12.8. The van der Waals surface area contributed by atoms with Crippen molar-refractivity contribution in [1.29, 1.82) is 0 Å². The third kappa shape index (κ3) is 4.44. The normalized spacial score (nSPS) is 14.5. The summed E-state index contributed by atoms with van der Waals surface area (Å²) in [5.41, 5.74) is 2.35. The maximum Gasteiger partial charge on any atom is 0.253 e. The summed E-state index contributed by atoms with van der Waals surface area (Å²) in [4.78, 5) is 27.0. The Kier molecular flexibility index (Phi) is 6.19. The van der Waals surface area contributed by atoms with Gasteiger partial charge in [0.2, 0.25) is 0 Å². The smallest absolute Gasteiger partial charge is 0.253 e. The summed E-state index contributed by atoms with van der Waals surface area (Å²) in [5.74, 6) is 1.03. The number of nitrogens with zero attached hydrogens (tertiary/aromatic N) is 1. The van der Waals surface area contributed by atoms with Crippen LogP contribution in [0.1, 0.15) is 39.1 Å². The predicted molar refractivity (Wildman–Crippen MR) is 107 cm³/mol. The van der Waals surface area contributed by atoms with Gasteiger partial charge in [-0.1, -0.05) is 17.7 Å². The molecular formula is C22H26N2O4. The van der Waals surface area contributed by atoms with E-state index in [9.17, 15) is 9.59 Å². The molecule has 0 atom stereocenters. The molecule has 6 heteroatoms. The van der Waals surface area contributed by atoms with Crippen molar-refractivity contribution < 1.29 is 19.1 Å². The van der Waals surface area contributed by atoms with E-state index < -0.39 is 0 Å². The second-order valence-corrected chi connectivity index (χ2v) is 6.98. The molecule has 0 aromatic heterocycles. The van der Waals surface area contributed by atoms with Crippen LogP contribution in [0.3, 0.4) is 0 Å². The van der Waals surface area contributed by atoms with E-state index in [0.717, 1.165) is 18.4 Å². The highest BCUT2D eigenvalue weighted by Crippen LogP contribution is 2.28. The summed E-state index contributed by atoms with van der Waals surface area (Å²) < 4.78 is 10.5. The van der Waals surface area contributed by atoms with Gasteiger partial charge in [-0.05, 0) is 50.1 Å². The van der Waals surface area contributed by atoms with Crippen molar-refractivity contribution in [3.05, 3.63) is 59.2 Å². The quantitative estimate of drug-likeness (QED) is 0.863. The van der Waals surface area contributed by atoms with Crippen LogP contribution < -0.4 is 14.8 Å². The molecule has 1 aliphatic heterocycles. The highest BCUT2D eigenvalue weighted by molar-refractivity contribution is 5.95. The molecule has 28 heavy (non-hydrogen) atoms. The van der Waals surface area contributed by atoms with Crippen molar-refractivity contribution in [3.63, 3.8) is 0 Å². The maximum absolute atomic E-state index is 12.8. The number of hydrogen-bond donors (Lipinski definition) is 1. The van der Waals surface area contributed by atoms with Crippen molar-refractivity contribution in [2.24, 2.45) is 0 Å². The highest BCUT2D eigenvalue weighted by atomic mass is 16.5. The molecule has 0 saturated carbocycles. The fraction of sp³-hybridized carbons (Fsp3) is 0.364. The number of ether oxygens (including phenoxy) is 2. The zero-order chi connectivity index (χ0) is 20.1. The Morgan fingerprint density at radius 1 is 0.929 bits per heavy atom. The van der Waals surface area contributed by atoms with E-state index in [2.05, 4.69) is 5.32 Å². The maximum atomic E-state index is 12.8. The number of likely N-dealkylation sites (tertiary alicyclic amines) is 1. The summed E-state index contributed by atoms with van der Waals surface area (Å²) in [5, 5.41) is 3.07. The van der Waals surface area contributed by atoms with E-state index in [4.69, 9.17) is 9.47 Å². The molecule has 3 rings (SSSR count). The minimum atomic E-state index is -0.0651. The molecule has 0 spiro atoms. The summed E-state index contributed by atoms with van der Waals surface area (Å²) in [7, 11) is 3.11. The lowest BCUT2D eigenvalue weighted by molar-refractivity contribution is 0.0697. The lowest BCUT2D eigenvalue weighted by Crippen LogP contribution is -2.46. The molecule has 0 bridgehead atoms. The number of methoxy groups -OCH3 is 2. The average molecular weight is 382 g/mol. The lowest BCUT2D eigenvalue weighted by Gasteiger charge is -2.32. The van der Waals surface area contributed by atoms with Crippen molar-refractivity contribution in [2.75, 3.05) is 27.3 Å². The lowest BCUT2D eigenvalue weighted by atomic mass is 10.0. The molecular weight excluding hydrogens is 356 g/mol. The van der Waals surface area contributed by atoms with Gasteiger partial charge in [-0.25, -0.2) is 0 Å². The summed E-state index contributed by atoms with van der Waals surface area (Å²) in [6.45, 7) is 3.20. The topological polar surface area (TPSA) is 67.9 Å². The Morgan fingerprint density at radius 2 is 1.54 bits per heavy atom. The van der Waals surface area contributed by atoms with Crippen molar-refractivity contribution >= 4 is 11.8 Å². The Balaban J connectivity index is 1.57. The number of aryl methyl sites for hydroxylation is 1. The molecule has 1 aliphatic rings. The fourth-order valence-electron chi connectivity index (χ4n) is 3.35. The van der Waals surface area contributed by atoms with E-state index in [-0.39, 0.29) is 17.9 Å². The summed E-state index contributed by atoms with van der Waals surface area (Å²) >= 11 is 0. The van der Waals surface area contributed by atoms with Crippen molar-refractivity contribution in [3.8, 4) is 11.5 Å². The number of benzene rings is 2. The molecule has 0 unspecified atom stereocenters. The monoisotopic (exact) mass is 382 g/mol. The van der Waals surface area contributed by atoms with Crippen LogP contribution in [0.2, 0.25) is 0 Å². The highest BCUT2D eigenvalue weighted by Gasteiger charge is 2.25. The first-order chi connectivity index (χ1) is 13.5. The fourth-order valence-corrected chi connectivity index (χ4v) is 3.35. The largest absolute Gasteiger partial charge is 0.493 e. The van der Waals surface area contributed by atoms with Gasteiger partial charge in [0.05, 0.1) is 14.2 Å². The van der Waals surface area contributed by atoms with Gasteiger partial charge in [-0.3, -0.25) is 9.59 Å². The van der Waals surface area contributed by atoms with Gasteiger partial charge in [-0.15, -0.1) is 0 Å². The first-order valence-electron chi connectivity index (χ1n) is 9.40. The van der Waals surface area contributed by atoms with Gasteiger partial charge >= 0.3 is 0 Å². The van der Waals surface area contributed by atoms with Crippen LogP contribution in [-0.2, 0) is 0 Å². The van der Waals surface area contributed by atoms with Gasteiger partial charge < -0.3 is 19.7 Å². The van der Waals surface area contributed by atoms with Crippen LogP contribution in [0.5, 0.6) is 11.5 Å².